The van der Waals surface area contributed by atoms with Crippen molar-refractivity contribution < 1.29 is 9.18 Å². The first kappa shape index (κ1) is 21.9. The Kier molecular flexibility index (Phi) is 5.36. The first-order valence-electron chi connectivity index (χ1n) is 11.7. The van der Waals surface area contributed by atoms with Crippen LogP contribution < -0.4 is 4.90 Å². The summed E-state index contributed by atoms with van der Waals surface area (Å²) in [5.74, 6) is 0.287. The Bertz CT molecular complexity index is 1400. The molecule has 4 heterocycles. The van der Waals surface area contributed by atoms with Crippen molar-refractivity contribution in [2.24, 2.45) is 5.92 Å². The van der Waals surface area contributed by atoms with Crippen LogP contribution in [0.4, 0.5) is 9.52 Å². The quantitative estimate of drug-likeness (QED) is 0.423. The highest BCUT2D eigenvalue weighted by Crippen LogP contribution is 2.41. The lowest BCUT2D eigenvalue weighted by molar-refractivity contribution is 0.0592. The van der Waals surface area contributed by atoms with Gasteiger partial charge >= 0.3 is 0 Å². The summed E-state index contributed by atoms with van der Waals surface area (Å²) in [5.41, 5.74) is 3.94. The number of hydrogen-bond donors (Lipinski definition) is 0. The van der Waals surface area contributed by atoms with E-state index in [0.717, 1.165) is 46.3 Å². The molecule has 2 aliphatic heterocycles. The summed E-state index contributed by atoms with van der Waals surface area (Å²) in [4.78, 5) is 25.3. The molecule has 9 heteroatoms. The molecule has 2 saturated heterocycles. The maximum absolute atomic E-state index is 13.8. The predicted molar refractivity (Wildman–Crippen MR) is 133 cm³/mol. The molecule has 0 N–H and O–H groups in total. The average molecular weight is 489 g/mol. The molecule has 6 rings (SSSR count). The van der Waals surface area contributed by atoms with Crippen LogP contribution in [0, 0.1) is 25.6 Å². The van der Waals surface area contributed by atoms with Crippen molar-refractivity contribution in [2.75, 3.05) is 24.5 Å². The molecule has 2 aliphatic rings. The number of carbonyl (C=O) groups excluding carboxylic acids is 1. The average Bonchev–Trinajstić information content (AvgIpc) is 3.49. The zero-order chi connectivity index (χ0) is 24.1. The fraction of sp³-hybridized carbons (Fsp3) is 0.308. The number of thiazole rings is 1. The zero-order valence-corrected chi connectivity index (χ0v) is 20.4. The number of piperidine rings is 1. The Morgan fingerprint density at radius 3 is 2.71 bits per heavy atom. The van der Waals surface area contributed by atoms with E-state index in [4.69, 9.17) is 4.98 Å². The second-order valence-electron chi connectivity index (χ2n) is 9.27. The summed E-state index contributed by atoms with van der Waals surface area (Å²) in [5, 5.41) is 9.40. The molecule has 0 saturated carbocycles. The molecule has 2 aromatic carbocycles. The molecule has 1 amide bonds. The first-order chi connectivity index (χ1) is 17.0. The van der Waals surface area contributed by atoms with Crippen LogP contribution in [0.1, 0.15) is 27.2 Å². The number of likely N-dealkylation sites (tertiary alicyclic amines) is 1. The number of benzene rings is 2. The highest BCUT2D eigenvalue weighted by molar-refractivity contribution is 7.16. The third kappa shape index (κ3) is 3.89. The van der Waals surface area contributed by atoms with E-state index in [1.165, 1.54) is 16.9 Å². The van der Waals surface area contributed by atoms with Crippen LogP contribution in [-0.4, -0.2) is 56.5 Å². The van der Waals surface area contributed by atoms with Gasteiger partial charge in [0.05, 0.1) is 35.4 Å². The third-order valence-electron chi connectivity index (χ3n) is 6.99. The zero-order valence-electron chi connectivity index (χ0n) is 19.6. The fourth-order valence-electron chi connectivity index (χ4n) is 5.12. The Hall–Kier alpha value is -3.59. The van der Waals surface area contributed by atoms with Gasteiger partial charge in [-0.05, 0) is 44.5 Å². The maximum atomic E-state index is 13.8. The molecule has 2 aromatic heterocycles. The Morgan fingerprint density at radius 2 is 1.91 bits per heavy atom. The Labute approximate surface area is 206 Å². The van der Waals surface area contributed by atoms with Gasteiger partial charge in [0, 0.05) is 36.0 Å². The van der Waals surface area contributed by atoms with Crippen LogP contribution in [0.5, 0.6) is 0 Å². The van der Waals surface area contributed by atoms with E-state index in [1.807, 2.05) is 43.0 Å². The lowest BCUT2D eigenvalue weighted by Crippen LogP contribution is -2.65. The summed E-state index contributed by atoms with van der Waals surface area (Å²) >= 11 is 1.63. The summed E-state index contributed by atoms with van der Waals surface area (Å²) in [6, 6.07) is 12.6. The van der Waals surface area contributed by atoms with Crippen LogP contribution in [0.3, 0.4) is 0 Å². The van der Waals surface area contributed by atoms with Gasteiger partial charge in [0.15, 0.2) is 5.13 Å². The normalized spacial score (nSPS) is 19.4. The van der Waals surface area contributed by atoms with Crippen molar-refractivity contribution in [1.82, 2.24) is 24.9 Å². The number of carbonyl (C=O) groups is 1. The van der Waals surface area contributed by atoms with Crippen LogP contribution in [-0.2, 0) is 0 Å². The van der Waals surface area contributed by atoms with Crippen molar-refractivity contribution in [2.45, 2.75) is 26.3 Å². The van der Waals surface area contributed by atoms with Crippen LogP contribution >= 0.6 is 11.3 Å². The highest BCUT2D eigenvalue weighted by Gasteiger charge is 2.45. The number of aromatic nitrogens is 4. The molecule has 0 unspecified atom stereocenters. The van der Waals surface area contributed by atoms with E-state index in [2.05, 4.69) is 15.1 Å². The van der Waals surface area contributed by atoms with Gasteiger partial charge in [-0.3, -0.25) is 4.79 Å². The summed E-state index contributed by atoms with van der Waals surface area (Å²) in [6.07, 6.45) is 4.19. The van der Waals surface area contributed by atoms with Gasteiger partial charge < -0.3 is 9.80 Å². The molecule has 7 nitrogen and oxygen atoms in total. The predicted octanol–water partition coefficient (Wildman–Crippen LogP) is 4.50. The van der Waals surface area contributed by atoms with E-state index >= 15 is 0 Å². The number of fused-ring (bicyclic) bond motifs is 1. The largest absolute Gasteiger partial charge is 0.343 e. The van der Waals surface area contributed by atoms with Gasteiger partial charge in [0.2, 0.25) is 0 Å². The fourth-order valence-corrected chi connectivity index (χ4v) is 6.11. The second-order valence-corrected chi connectivity index (χ2v) is 10.5. The van der Waals surface area contributed by atoms with Gasteiger partial charge in [-0.2, -0.15) is 15.0 Å². The van der Waals surface area contributed by atoms with Crippen molar-refractivity contribution >= 4 is 22.4 Å². The second kappa shape index (κ2) is 8.57. The van der Waals surface area contributed by atoms with Crippen LogP contribution in [0.25, 0.3) is 16.9 Å². The smallest absolute Gasteiger partial charge is 0.256 e. The molecule has 35 heavy (non-hydrogen) atoms. The van der Waals surface area contributed by atoms with Crippen LogP contribution in [0.15, 0.2) is 54.9 Å². The molecule has 0 radical (unpaired) electrons. The van der Waals surface area contributed by atoms with Gasteiger partial charge in [-0.15, -0.1) is 11.3 Å². The number of amides is 1. The molecular weight excluding hydrogens is 463 g/mol. The van der Waals surface area contributed by atoms with Gasteiger partial charge in [0.1, 0.15) is 5.82 Å². The molecule has 0 bridgehead atoms. The van der Waals surface area contributed by atoms with Crippen molar-refractivity contribution in [3.05, 3.63) is 76.7 Å². The van der Waals surface area contributed by atoms with Gasteiger partial charge in [0.25, 0.3) is 5.91 Å². The number of nitrogens with zero attached hydrogens (tertiary/aromatic N) is 6. The standard InChI is InChI=1S/C26H25FN6OS/c1-16-6-7-22(33-28-9-10-29-33)21(12-16)25(34)31-11-8-19-14-32(23(19)15-31)26-30-24(17(2)35-26)18-4-3-5-20(27)13-18/h3-7,9-10,12-13,19,23H,8,11,14-15H2,1-2H3/t19-,23-/m0/s1. The number of rotatable bonds is 4. The minimum Gasteiger partial charge on any atom is -0.343 e. The lowest BCUT2D eigenvalue weighted by Gasteiger charge is -2.53. The molecule has 0 spiro atoms. The summed E-state index contributed by atoms with van der Waals surface area (Å²) in [7, 11) is 0. The number of aryl methyl sites for hydroxylation is 2. The van der Waals surface area contributed by atoms with E-state index in [1.54, 1.807) is 29.8 Å². The van der Waals surface area contributed by atoms with E-state index in [0.29, 0.717) is 23.7 Å². The lowest BCUT2D eigenvalue weighted by atomic mass is 9.82. The van der Waals surface area contributed by atoms with Gasteiger partial charge in [-0.1, -0.05) is 23.8 Å². The number of hydrogen-bond acceptors (Lipinski definition) is 6. The molecule has 0 aliphatic carbocycles. The molecule has 2 atom stereocenters. The summed E-state index contributed by atoms with van der Waals surface area (Å²) in [6.45, 7) is 6.33. The number of anilines is 1. The summed E-state index contributed by atoms with van der Waals surface area (Å²) < 4.78 is 13.8. The minimum atomic E-state index is -0.261. The highest BCUT2D eigenvalue weighted by atomic mass is 32.1. The van der Waals surface area contributed by atoms with Crippen molar-refractivity contribution in [3.63, 3.8) is 0 Å². The first-order valence-corrected chi connectivity index (χ1v) is 12.6. The van der Waals surface area contributed by atoms with E-state index in [9.17, 15) is 9.18 Å². The van der Waals surface area contributed by atoms with Crippen LogP contribution in [0.2, 0.25) is 0 Å². The molecule has 178 valence electrons. The Balaban J connectivity index is 1.24. The van der Waals surface area contributed by atoms with Crippen molar-refractivity contribution in [1.29, 1.82) is 0 Å². The van der Waals surface area contributed by atoms with Gasteiger partial charge in [-0.25, -0.2) is 9.37 Å². The van der Waals surface area contributed by atoms with E-state index < -0.39 is 0 Å². The van der Waals surface area contributed by atoms with E-state index in [-0.39, 0.29) is 17.8 Å². The Morgan fingerprint density at radius 1 is 1.09 bits per heavy atom. The third-order valence-corrected chi connectivity index (χ3v) is 7.99. The maximum Gasteiger partial charge on any atom is 0.256 e. The topological polar surface area (TPSA) is 67.2 Å². The SMILES string of the molecule is Cc1ccc(-n2nccn2)c(C(=O)N2CC[C@H]3CN(c4nc(-c5cccc(F)c5)c(C)s4)[C@H]3C2)c1. The number of halogens is 1. The minimum absolute atomic E-state index is 0.00192. The molecule has 2 fully saturated rings. The molecular formula is C26H25FN6OS. The van der Waals surface area contributed by atoms with Crippen molar-refractivity contribution in [3.8, 4) is 16.9 Å². The monoisotopic (exact) mass is 488 g/mol. The molecule has 4 aromatic rings.